The Hall–Kier alpha value is -3.21. The van der Waals surface area contributed by atoms with Gasteiger partial charge in [-0.05, 0) is 86.1 Å². The molecule has 0 radical (unpaired) electrons. The minimum absolute atomic E-state index is 0. The van der Waals surface area contributed by atoms with Crippen molar-refractivity contribution in [2.24, 2.45) is 11.8 Å². The average Bonchev–Trinajstić information content (AvgIpc) is 3.03. The third kappa shape index (κ3) is 7.66. The number of nitrogens with zero attached hydrogens (tertiary/aromatic N) is 4. The van der Waals surface area contributed by atoms with Crippen molar-refractivity contribution in [3.8, 4) is 0 Å². The van der Waals surface area contributed by atoms with E-state index in [1.165, 1.54) is 5.69 Å². The van der Waals surface area contributed by atoms with Crippen LogP contribution in [0.2, 0.25) is 0 Å². The molecular weight excluding hydrogens is 624 g/mol. The summed E-state index contributed by atoms with van der Waals surface area (Å²) in [6.45, 7) is 5.02. The van der Waals surface area contributed by atoms with Gasteiger partial charge >= 0.3 is 0 Å². The van der Waals surface area contributed by atoms with Gasteiger partial charge in [0.05, 0.1) is 10.4 Å². The number of sulfonamides is 1. The Kier molecular flexibility index (Phi) is 10.2. The summed E-state index contributed by atoms with van der Waals surface area (Å²) < 4.78 is 29.0. The number of fused-ring (bicyclic) bond motifs is 1. The second kappa shape index (κ2) is 14.1. The minimum atomic E-state index is -3.49. The molecular formula is C33H41BrN6O2S. The minimum Gasteiger partial charge on any atom is -0.368 e. The average molecular weight is 666 g/mol. The molecule has 0 spiro atoms. The molecule has 1 aliphatic heterocycles. The lowest BCUT2D eigenvalue weighted by molar-refractivity contribution is 0.284. The fraction of sp³-hybridized carbons (Fsp3) is 0.394. The third-order valence-corrected chi connectivity index (χ3v) is 10.5. The maximum absolute atomic E-state index is 12.7. The van der Waals surface area contributed by atoms with E-state index in [-0.39, 0.29) is 7.43 Å². The van der Waals surface area contributed by atoms with Crippen LogP contribution in [0.3, 0.4) is 0 Å². The number of piperazine rings is 1. The molecule has 1 aromatic heterocycles. The molecule has 1 saturated heterocycles. The lowest BCUT2D eigenvalue weighted by atomic mass is 9.82. The van der Waals surface area contributed by atoms with Gasteiger partial charge in [0.1, 0.15) is 5.82 Å². The summed E-state index contributed by atoms with van der Waals surface area (Å²) in [5.74, 6) is 2.54. The summed E-state index contributed by atoms with van der Waals surface area (Å²) in [6, 6.07) is 25.6. The summed E-state index contributed by atoms with van der Waals surface area (Å²) >= 11 is 3.36. The van der Waals surface area contributed by atoms with E-state index < -0.39 is 10.0 Å². The lowest BCUT2D eigenvalue weighted by Gasteiger charge is -2.37. The molecule has 43 heavy (non-hydrogen) atoms. The summed E-state index contributed by atoms with van der Waals surface area (Å²) in [5, 5.41) is 4.63. The first-order valence-corrected chi connectivity index (χ1v) is 17.0. The monoisotopic (exact) mass is 664 g/mol. The van der Waals surface area contributed by atoms with Crippen molar-refractivity contribution in [1.29, 1.82) is 0 Å². The van der Waals surface area contributed by atoms with Crippen molar-refractivity contribution in [1.82, 2.24) is 14.7 Å². The van der Waals surface area contributed by atoms with Crippen LogP contribution in [0.5, 0.6) is 0 Å². The van der Waals surface area contributed by atoms with E-state index in [9.17, 15) is 8.42 Å². The molecule has 1 aliphatic carbocycles. The number of anilines is 3. The Labute approximate surface area is 264 Å². The molecule has 3 aromatic carbocycles. The number of halogens is 1. The van der Waals surface area contributed by atoms with Gasteiger partial charge in [0.2, 0.25) is 16.0 Å². The largest absolute Gasteiger partial charge is 0.368 e. The van der Waals surface area contributed by atoms with E-state index in [0.29, 0.717) is 29.2 Å². The van der Waals surface area contributed by atoms with E-state index in [2.05, 4.69) is 84.3 Å². The zero-order valence-electron chi connectivity index (χ0n) is 23.6. The second-order valence-corrected chi connectivity index (χ2v) is 14.0. The molecule has 2 aliphatic rings. The fourth-order valence-electron chi connectivity index (χ4n) is 6.00. The fourth-order valence-corrected chi connectivity index (χ4v) is 7.38. The number of hydrogen-bond acceptors (Lipinski definition) is 7. The molecule has 0 bridgehead atoms. The van der Waals surface area contributed by atoms with Crippen molar-refractivity contribution >= 4 is 54.3 Å². The SMILES string of the molecule is C.O=S(=O)(NCC1CCC(CNc2nc(N3CCN(c4ccccc4)CC3)c3ccccc3n2)CC1)c1ccc(Br)cc1. The van der Waals surface area contributed by atoms with Crippen LogP contribution in [0.1, 0.15) is 33.1 Å². The number of rotatable bonds is 9. The van der Waals surface area contributed by atoms with E-state index in [4.69, 9.17) is 9.97 Å². The number of nitrogens with one attached hydrogen (secondary N) is 2. The van der Waals surface area contributed by atoms with Crippen LogP contribution in [0.15, 0.2) is 88.2 Å². The number of hydrogen-bond donors (Lipinski definition) is 2. The molecule has 10 heteroatoms. The Morgan fingerprint density at radius 2 is 1.35 bits per heavy atom. The quantitative estimate of drug-likeness (QED) is 0.210. The van der Waals surface area contributed by atoms with Crippen LogP contribution >= 0.6 is 15.9 Å². The molecule has 2 heterocycles. The van der Waals surface area contributed by atoms with Crippen molar-refractivity contribution < 1.29 is 8.42 Å². The van der Waals surface area contributed by atoms with E-state index in [0.717, 1.165) is 79.6 Å². The molecule has 0 unspecified atom stereocenters. The molecule has 0 atom stereocenters. The van der Waals surface area contributed by atoms with Gasteiger partial charge in [-0.2, -0.15) is 4.98 Å². The predicted octanol–water partition coefficient (Wildman–Crippen LogP) is 6.55. The Balaban J connectivity index is 0.00000368. The third-order valence-electron chi connectivity index (χ3n) is 8.48. The summed E-state index contributed by atoms with van der Waals surface area (Å²) in [4.78, 5) is 15.0. The highest BCUT2D eigenvalue weighted by Gasteiger charge is 2.25. The number of para-hydroxylation sites is 2. The molecule has 4 aromatic rings. The van der Waals surface area contributed by atoms with Gasteiger partial charge in [-0.25, -0.2) is 18.1 Å². The van der Waals surface area contributed by atoms with Crippen molar-refractivity contribution in [2.75, 3.05) is 54.4 Å². The van der Waals surface area contributed by atoms with Crippen LogP contribution in [-0.4, -0.2) is 57.7 Å². The maximum Gasteiger partial charge on any atom is 0.240 e. The van der Waals surface area contributed by atoms with Crippen LogP contribution in [-0.2, 0) is 10.0 Å². The summed E-state index contributed by atoms with van der Waals surface area (Å²) in [5.41, 5.74) is 2.22. The van der Waals surface area contributed by atoms with Crippen molar-refractivity contribution in [3.63, 3.8) is 0 Å². The lowest BCUT2D eigenvalue weighted by Crippen LogP contribution is -2.47. The molecule has 8 nitrogen and oxygen atoms in total. The van der Waals surface area contributed by atoms with Crippen LogP contribution in [0, 0.1) is 11.8 Å². The molecule has 228 valence electrons. The molecule has 2 fully saturated rings. The first-order chi connectivity index (χ1) is 20.4. The van der Waals surface area contributed by atoms with E-state index in [1.54, 1.807) is 24.3 Å². The summed E-state index contributed by atoms with van der Waals surface area (Å²) in [7, 11) is -3.49. The predicted molar refractivity (Wildman–Crippen MR) is 180 cm³/mol. The maximum atomic E-state index is 12.7. The zero-order chi connectivity index (χ0) is 28.9. The Morgan fingerprint density at radius 1 is 0.744 bits per heavy atom. The highest BCUT2D eigenvalue weighted by atomic mass is 79.9. The molecule has 1 saturated carbocycles. The topological polar surface area (TPSA) is 90.5 Å². The Morgan fingerprint density at radius 3 is 2.05 bits per heavy atom. The first-order valence-electron chi connectivity index (χ1n) is 14.8. The van der Waals surface area contributed by atoms with Gasteiger partial charge in [-0.3, -0.25) is 0 Å². The van der Waals surface area contributed by atoms with Gasteiger partial charge in [-0.15, -0.1) is 0 Å². The smallest absolute Gasteiger partial charge is 0.240 e. The summed E-state index contributed by atoms with van der Waals surface area (Å²) in [6.07, 6.45) is 4.12. The van der Waals surface area contributed by atoms with Crippen LogP contribution < -0.4 is 19.8 Å². The van der Waals surface area contributed by atoms with Gasteiger partial charge in [0, 0.05) is 54.8 Å². The highest BCUT2D eigenvalue weighted by molar-refractivity contribution is 9.10. The number of benzene rings is 3. The highest BCUT2D eigenvalue weighted by Crippen LogP contribution is 2.30. The van der Waals surface area contributed by atoms with Crippen molar-refractivity contribution in [2.45, 2.75) is 38.0 Å². The molecule has 0 amide bonds. The van der Waals surface area contributed by atoms with Gasteiger partial charge in [0.25, 0.3) is 0 Å². The standard InChI is InChI=1S/C32H37BrN6O2S.CH4/c33-26-14-16-28(17-15-26)42(40,41)35-23-25-12-10-24(11-13-25)22-34-32-36-30-9-5-4-8-29(30)31(37-32)39-20-18-38(19-21-39)27-6-2-1-3-7-27;/h1-9,14-17,24-25,35H,10-13,18-23H2,(H,34,36,37);1H4. The normalized spacial score (nSPS) is 19.2. The van der Waals surface area contributed by atoms with Gasteiger partial charge < -0.3 is 15.1 Å². The van der Waals surface area contributed by atoms with Gasteiger partial charge in [0.15, 0.2) is 0 Å². The van der Waals surface area contributed by atoms with Crippen LogP contribution in [0.25, 0.3) is 10.9 Å². The second-order valence-electron chi connectivity index (χ2n) is 11.3. The van der Waals surface area contributed by atoms with E-state index in [1.807, 2.05) is 6.07 Å². The van der Waals surface area contributed by atoms with Gasteiger partial charge in [-0.1, -0.05) is 53.7 Å². The van der Waals surface area contributed by atoms with Crippen LogP contribution in [0.4, 0.5) is 17.5 Å². The van der Waals surface area contributed by atoms with E-state index >= 15 is 0 Å². The zero-order valence-corrected chi connectivity index (χ0v) is 26.0. The molecule has 2 N–H and O–H groups in total. The van der Waals surface area contributed by atoms with Crippen molar-refractivity contribution in [3.05, 3.63) is 83.3 Å². The molecule has 6 rings (SSSR count). The first kappa shape index (κ1) is 31.2. The Bertz CT molecular complexity index is 1590. The number of aromatic nitrogens is 2.